The predicted octanol–water partition coefficient (Wildman–Crippen LogP) is 2.45. The third kappa shape index (κ3) is 2.66. The summed E-state index contributed by atoms with van der Waals surface area (Å²) in [6.07, 6.45) is 1.33. The highest BCUT2D eigenvalue weighted by molar-refractivity contribution is 5.95. The minimum Gasteiger partial charge on any atom is -0.506 e. The lowest BCUT2D eigenvalue weighted by atomic mass is 10.1. The van der Waals surface area contributed by atoms with Gasteiger partial charge in [-0.05, 0) is 31.2 Å². The molecule has 116 valence electrons. The molecular formula is C17H16N4O2. The quantitative estimate of drug-likeness (QED) is 0.727. The molecule has 0 aliphatic rings. The molecule has 3 N–H and O–H groups in total. The van der Waals surface area contributed by atoms with E-state index >= 15 is 0 Å². The van der Waals surface area contributed by atoms with Crippen molar-refractivity contribution < 1.29 is 5.11 Å². The molecule has 3 aromatic rings. The molecule has 0 saturated carbocycles. The smallest absolute Gasteiger partial charge is 0.263 e. The van der Waals surface area contributed by atoms with Crippen molar-refractivity contribution in [2.75, 3.05) is 5.73 Å². The highest BCUT2D eigenvalue weighted by Gasteiger charge is 2.13. The van der Waals surface area contributed by atoms with Crippen LogP contribution in [-0.4, -0.2) is 20.9 Å². The molecule has 0 aliphatic carbocycles. The van der Waals surface area contributed by atoms with E-state index in [0.29, 0.717) is 29.1 Å². The van der Waals surface area contributed by atoms with Crippen LogP contribution in [0.2, 0.25) is 0 Å². The Kier molecular flexibility index (Phi) is 3.80. The van der Waals surface area contributed by atoms with Gasteiger partial charge in [-0.25, -0.2) is 9.98 Å². The number of hydrogen-bond donors (Lipinski definition) is 2. The number of anilines is 1. The second-order valence-corrected chi connectivity index (χ2v) is 5.01. The van der Waals surface area contributed by atoms with Crippen molar-refractivity contribution in [2.45, 2.75) is 13.5 Å². The molecule has 1 aromatic carbocycles. The van der Waals surface area contributed by atoms with Crippen LogP contribution in [-0.2, 0) is 6.54 Å². The van der Waals surface area contributed by atoms with Gasteiger partial charge in [0.2, 0.25) is 0 Å². The van der Waals surface area contributed by atoms with Gasteiger partial charge >= 0.3 is 0 Å². The number of fused-ring (bicyclic) bond motifs is 1. The van der Waals surface area contributed by atoms with E-state index in [2.05, 4.69) is 9.98 Å². The van der Waals surface area contributed by atoms with Gasteiger partial charge in [-0.15, -0.1) is 0 Å². The summed E-state index contributed by atoms with van der Waals surface area (Å²) in [6.45, 7) is 2.38. The number of benzene rings is 1. The second kappa shape index (κ2) is 5.92. The van der Waals surface area contributed by atoms with Gasteiger partial charge in [0.25, 0.3) is 5.56 Å². The van der Waals surface area contributed by atoms with Crippen LogP contribution in [0.4, 0.5) is 11.6 Å². The fraction of sp³-hybridized carbons (Fsp3) is 0.118. The van der Waals surface area contributed by atoms with Crippen molar-refractivity contribution in [3.05, 3.63) is 58.4 Å². The Balaban J connectivity index is 2.20. The summed E-state index contributed by atoms with van der Waals surface area (Å²) in [5.41, 5.74) is 6.14. The number of pyridine rings is 2. The topological polar surface area (TPSA) is 93.5 Å². The third-order valence-electron chi connectivity index (χ3n) is 3.58. The number of nitrogens with zero attached hydrogens (tertiary/aromatic N) is 3. The monoisotopic (exact) mass is 308 g/mol. The Hall–Kier alpha value is -3.15. The van der Waals surface area contributed by atoms with Crippen LogP contribution in [0.3, 0.4) is 0 Å². The average Bonchev–Trinajstić information content (AvgIpc) is 2.55. The number of aliphatic imine (C=N–C) groups is 1. The molecule has 0 aliphatic heterocycles. The molecule has 6 nitrogen and oxygen atoms in total. The molecule has 0 saturated heterocycles. The van der Waals surface area contributed by atoms with Gasteiger partial charge < -0.3 is 15.4 Å². The van der Waals surface area contributed by atoms with Crippen LogP contribution in [0, 0.1) is 0 Å². The van der Waals surface area contributed by atoms with Gasteiger partial charge in [0, 0.05) is 18.1 Å². The lowest BCUT2D eigenvalue weighted by molar-refractivity contribution is 0.478. The maximum absolute atomic E-state index is 12.6. The molecule has 0 atom stereocenters. The minimum absolute atomic E-state index is 0.0806. The fourth-order valence-corrected chi connectivity index (χ4v) is 2.48. The summed E-state index contributed by atoms with van der Waals surface area (Å²) in [5, 5.41) is 11.0. The molecule has 0 unspecified atom stereocenters. The molecule has 3 rings (SSSR count). The Bertz CT molecular complexity index is 960. The number of nitrogen functional groups attached to an aromatic ring is 1. The first kappa shape index (κ1) is 14.8. The van der Waals surface area contributed by atoms with Crippen molar-refractivity contribution in [2.24, 2.45) is 4.99 Å². The molecule has 6 heteroatoms. The average molecular weight is 308 g/mol. The number of nitrogens with two attached hydrogens (primary N) is 1. The van der Waals surface area contributed by atoms with E-state index in [1.165, 1.54) is 6.21 Å². The fourth-order valence-electron chi connectivity index (χ4n) is 2.48. The molecule has 2 heterocycles. The van der Waals surface area contributed by atoms with E-state index < -0.39 is 0 Å². The van der Waals surface area contributed by atoms with Gasteiger partial charge in [-0.2, -0.15) is 0 Å². The van der Waals surface area contributed by atoms with E-state index in [-0.39, 0.29) is 16.9 Å². The van der Waals surface area contributed by atoms with Crippen molar-refractivity contribution >= 4 is 28.8 Å². The number of aromatic hydroxyl groups is 1. The van der Waals surface area contributed by atoms with Crippen LogP contribution in [0.5, 0.6) is 5.75 Å². The summed E-state index contributed by atoms with van der Waals surface area (Å²) in [4.78, 5) is 20.8. The highest BCUT2D eigenvalue weighted by atomic mass is 16.3. The zero-order valence-corrected chi connectivity index (χ0v) is 12.6. The number of aromatic nitrogens is 2. The van der Waals surface area contributed by atoms with Crippen LogP contribution in [0.25, 0.3) is 10.9 Å². The van der Waals surface area contributed by atoms with Gasteiger partial charge in [-0.3, -0.25) is 4.79 Å². The molecule has 0 fully saturated rings. The Labute approximate surface area is 132 Å². The number of hydrogen-bond acceptors (Lipinski definition) is 5. The van der Waals surface area contributed by atoms with E-state index in [4.69, 9.17) is 5.73 Å². The standard InChI is InChI=1S/C17H16N4O2/c1-2-21-13-7-4-3-6-11(13)16(22)12(17(21)23)10-19-15-9-5-8-14(18)20-15/h3-10,22H,2H2,1H3,(H2,18,20)/b19-10+. The second-order valence-electron chi connectivity index (χ2n) is 5.01. The van der Waals surface area contributed by atoms with Crippen LogP contribution in [0.1, 0.15) is 12.5 Å². The van der Waals surface area contributed by atoms with Crippen LogP contribution < -0.4 is 11.3 Å². The first-order chi connectivity index (χ1) is 11.1. The zero-order chi connectivity index (χ0) is 16.4. The zero-order valence-electron chi connectivity index (χ0n) is 12.6. The maximum Gasteiger partial charge on any atom is 0.263 e. The lowest BCUT2D eigenvalue weighted by Crippen LogP contribution is -2.23. The molecule has 23 heavy (non-hydrogen) atoms. The van der Waals surface area contributed by atoms with E-state index in [9.17, 15) is 9.90 Å². The van der Waals surface area contributed by atoms with Crippen molar-refractivity contribution in [3.63, 3.8) is 0 Å². The summed E-state index contributed by atoms with van der Waals surface area (Å²) < 4.78 is 1.60. The van der Waals surface area contributed by atoms with Gasteiger partial charge in [0.1, 0.15) is 17.1 Å². The number of para-hydroxylation sites is 1. The Morgan fingerprint density at radius 2 is 2.04 bits per heavy atom. The van der Waals surface area contributed by atoms with E-state index in [1.807, 2.05) is 19.1 Å². The van der Waals surface area contributed by atoms with Gasteiger partial charge in [-0.1, -0.05) is 18.2 Å². The first-order valence-electron chi connectivity index (χ1n) is 7.23. The van der Waals surface area contributed by atoms with Crippen LogP contribution in [0.15, 0.2) is 52.3 Å². The van der Waals surface area contributed by atoms with Crippen molar-refractivity contribution in [1.29, 1.82) is 0 Å². The highest BCUT2D eigenvalue weighted by Crippen LogP contribution is 2.25. The molecule has 0 amide bonds. The Morgan fingerprint density at radius 1 is 1.26 bits per heavy atom. The number of rotatable bonds is 3. The SMILES string of the molecule is CCn1c(=O)c(/C=N/c2cccc(N)n2)c(O)c2ccccc21. The summed E-state index contributed by atoms with van der Waals surface area (Å²) in [6, 6.07) is 12.3. The lowest BCUT2D eigenvalue weighted by Gasteiger charge is -2.11. The summed E-state index contributed by atoms with van der Waals surface area (Å²) in [5.74, 6) is 0.635. The minimum atomic E-state index is -0.295. The molecule has 0 radical (unpaired) electrons. The molecular weight excluding hydrogens is 292 g/mol. The van der Waals surface area contributed by atoms with Crippen molar-refractivity contribution in [1.82, 2.24) is 9.55 Å². The number of aryl methyl sites for hydroxylation is 1. The van der Waals surface area contributed by atoms with Gasteiger partial charge in [0.05, 0.1) is 5.52 Å². The largest absolute Gasteiger partial charge is 0.506 e. The predicted molar refractivity (Wildman–Crippen MR) is 91.5 cm³/mol. The first-order valence-corrected chi connectivity index (χ1v) is 7.23. The Morgan fingerprint density at radius 3 is 2.78 bits per heavy atom. The summed E-state index contributed by atoms with van der Waals surface area (Å²) in [7, 11) is 0. The van der Waals surface area contributed by atoms with Gasteiger partial charge in [0.15, 0.2) is 5.82 Å². The van der Waals surface area contributed by atoms with Crippen LogP contribution >= 0.6 is 0 Å². The third-order valence-corrected chi connectivity index (χ3v) is 3.58. The molecule has 2 aromatic heterocycles. The van der Waals surface area contributed by atoms with E-state index in [0.717, 1.165) is 0 Å². The van der Waals surface area contributed by atoms with Crippen molar-refractivity contribution in [3.8, 4) is 5.75 Å². The maximum atomic E-state index is 12.6. The molecule has 0 spiro atoms. The molecule has 0 bridgehead atoms. The normalized spacial score (nSPS) is 11.3. The summed E-state index contributed by atoms with van der Waals surface area (Å²) >= 11 is 0. The van der Waals surface area contributed by atoms with E-state index in [1.54, 1.807) is 34.9 Å².